The molecule has 20 heavy (non-hydrogen) atoms. The third kappa shape index (κ3) is 5.00. The van der Waals surface area contributed by atoms with E-state index in [0.29, 0.717) is 12.5 Å². The van der Waals surface area contributed by atoms with Gasteiger partial charge in [0, 0.05) is 12.6 Å². The van der Waals surface area contributed by atoms with E-state index in [2.05, 4.69) is 25.2 Å². The molecule has 0 atom stereocenters. The summed E-state index contributed by atoms with van der Waals surface area (Å²) in [6, 6.07) is 6.01. The Kier molecular flexibility index (Phi) is 6.16. The number of nitrogens with one attached hydrogen (secondary N) is 1. The van der Waals surface area contributed by atoms with Gasteiger partial charge in [-0.25, -0.2) is 4.58 Å². The zero-order valence-electron chi connectivity index (χ0n) is 13.1. The third-order valence-electron chi connectivity index (χ3n) is 3.07. The number of anilines is 1. The Morgan fingerprint density at radius 1 is 1.30 bits per heavy atom. The normalized spacial score (nSPS) is 12.2. The fourth-order valence-corrected chi connectivity index (χ4v) is 1.87. The topological polar surface area (TPSA) is 32.1 Å². The van der Waals surface area contributed by atoms with Crippen LogP contribution in [0.2, 0.25) is 0 Å². The van der Waals surface area contributed by atoms with Crippen LogP contribution < -0.4 is 5.32 Å². The van der Waals surface area contributed by atoms with Gasteiger partial charge in [-0.2, -0.15) is 0 Å². The minimum Gasteiger partial charge on any atom is -0.320 e. The van der Waals surface area contributed by atoms with Crippen molar-refractivity contribution in [3.63, 3.8) is 0 Å². The van der Waals surface area contributed by atoms with E-state index in [0.717, 1.165) is 16.8 Å². The van der Waals surface area contributed by atoms with Crippen LogP contribution in [-0.2, 0) is 4.79 Å². The van der Waals surface area contributed by atoms with Gasteiger partial charge in [-0.3, -0.25) is 4.79 Å². The van der Waals surface area contributed by atoms with Gasteiger partial charge < -0.3 is 5.32 Å². The maximum Gasteiger partial charge on any atom is 0.290 e. The molecule has 108 valence electrons. The molecule has 0 saturated heterocycles. The van der Waals surface area contributed by atoms with Crippen LogP contribution >= 0.6 is 0 Å². The lowest BCUT2D eigenvalue weighted by atomic mass is 10.1. The summed E-state index contributed by atoms with van der Waals surface area (Å²) in [5, 5.41) is 3.00. The van der Waals surface area contributed by atoms with Crippen LogP contribution in [0.5, 0.6) is 0 Å². The fourth-order valence-electron chi connectivity index (χ4n) is 1.87. The lowest BCUT2D eigenvalue weighted by molar-refractivity contribution is -0.439. The van der Waals surface area contributed by atoms with E-state index in [1.54, 1.807) is 0 Å². The molecular formula is C17H25N2O+. The predicted molar refractivity (Wildman–Crippen MR) is 85.4 cm³/mol. The summed E-state index contributed by atoms with van der Waals surface area (Å²) in [6.07, 6.45) is 5.93. The van der Waals surface area contributed by atoms with Crippen molar-refractivity contribution in [2.45, 2.75) is 34.6 Å². The maximum absolute atomic E-state index is 12.1. The van der Waals surface area contributed by atoms with Crippen LogP contribution in [0.25, 0.3) is 0 Å². The van der Waals surface area contributed by atoms with Crippen LogP contribution in [0.1, 0.15) is 31.9 Å². The zero-order valence-corrected chi connectivity index (χ0v) is 13.1. The van der Waals surface area contributed by atoms with E-state index in [4.69, 9.17) is 0 Å². The second-order valence-corrected chi connectivity index (χ2v) is 5.33. The van der Waals surface area contributed by atoms with Gasteiger partial charge in [0.25, 0.3) is 5.91 Å². The molecule has 0 spiro atoms. The van der Waals surface area contributed by atoms with Gasteiger partial charge >= 0.3 is 0 Å². The van der Waals surface area contributed by atoms with Crippen LogP contribution in [0.3, 0.4) is 0 Å². The molecule has 1 aromatic rings. The summed E-state index contributed by atoms with van der Waals surface area (Å²) in [7, 11) is 0. The number of hydrogen-bond donors (Lipinski definition) is 1. The lowest BCUT2D eigenvalue weighted by Crippen LogP contribution is -2.24. The molecule has 0 aliphatic rings. The number of aryl methyl sites for hydroxylation is 2. The molecule has 0 heterocycles. The van der Waals surface area contributed by atoms with Crippen molar-refractivity contribution < 1.29 is 9.37 Å². The number of hydrogen-bond acceptors (Lipinski definition) is 1. The second-order valence-electron chi connectivity index (χ2n) is 5.33. The standard InChI is InChI=1S/C17H24N2O/c1-6-19(11-10-13(2)3)12-16(20)18-17-14(4)8-7-9-15(17)5/h6-11,13H,12H2,1-5H3/p+1/b11-10-,19-6?. The molecule has 0 saturated carbocycles. The predicted octanol–water partition coefficient (Wildman–Crippen LogP) is 3.51. The number of allylic oxidation sites excluding steroid dienone is 1. The smallest absolute Gasteiger partial charge is 0.290 e. The van der Waals surface area contributed by atoms with Gasteiger partial charge in [0.2, 0.25) is 6.54 Å². The highest BCUT2D eigenvalue weighted by molar-refractivity contribution is 5.93. The lowest BCUT2D eigenvalue weighted by Gasteiger charge is -2.10. The van der Waals surface area contributed by atoms with Crippen molar-refractivity contribution in [1.29, 1.82) is 0 Å². The number of carbonyl (C=O) groups is 1. The highest BCUT2D eigenvalue weighted by atomic mass is 16.1. The first-order valence-electron chi connectivity index (χ1n) is 7.03. The average molecular weight is 273 g/mol. The molecule has 1 aromatic carbocycles. The van der Waals surface area contributed by atoms with Crippen molar-refractivity contribution in [3.8, 4) is 0 Å². The number of rotatable bonds is 5. The summed E-state index contributed by atoms with van der Waals surface area (Å²) in [4.78, 5) is 12.1. The van der Waals surface area contributed by atoms with E-state index in [9.17, 15) is 4.79 Å². The van der Waals surface area contributed by atoms with E-state index in [1.165, 1.54) is 0 Å². The Balaban J connectivity index is 2.72. The average Bonchev–Trinajstić information content (AvgIpc) is 2.38. The minimum absolute atomic E-state index is 0.00564. The van der Waals surface area contributed by atoms with Gasteiger partial charge in [-0.15, -0.1) is 0 Å². The Labute approximate surface area is 122 Å². The van der Waals surface area contributed by atoms with Crippen molar-refractivity contribution in [3.05, 3.63) is 41.6 Å². The van der Waals surface area contributed by atoms with Gasteiger partial charge in [0.15, 0.2) is 6.20 Å². The van der Waals surface area contributed by atoms with Crippen molar-refractivity contribution in [1.82, 2.24) is 0 Å². The molecule has 3 heteroatoms. The second kappa shape index (κ2) is 7.63. The molecule has 0 aliphatic carbocycles. The maximum atomic E-state index is 12.1. The summed E-state index contributed by atoms with van der Waals surface area (Å²) in [6.45, 7) is 10.5. The number of nitrogens with zero attached hydrogens (tertiary/aromatic N) is 1. The SMILES string of the molecule is CC=[N+](/C=C\C(C)C)CC(=O)Nc1c(C)cccc1C. The Bertz CT molecular complexity index is 508. The first-order chi connectivity index (χ1) is 9.43. The molecule has 1 N–H and O–H groups in total. The Hall–Kier alpha value is -1.90. The minimum atomic E-state index is -0.00564. The third-order valence-corrected chi connectivity index (χ3v) is 3.07. The molecule has 3 nitrogen and oxygen atoms in total. The molecular weight excluding hydrogens is 248 g/mol. The zero-order chi connectivity index (χ0) is 15.1. The fraction of sp³-hybridized carbons (Fsp3) is 0.412. The molecule has 1 amide bonds. The van der Waals surface area contributed by atoms with Crippen molar-refractivity contribution in [2.75, 3.05) is 11.9 Å². The van der Waals surface area contributed by atoms with Crippen LogP contribution in [0.15, 0.2) is 30.5 Å². The molecule has 0 bridgehead atoms. The van der Waals surface area contributed by atoms with Gasteiger partial charge in [0.05, 0.1) is 0 Å². The summed E-state index contributed by atoms with van der Waals surface area (Å²) in [5.74, 6) is 0.466. The van der Waals surface area contributed by atoms with Crippen LogP contribution in [0, 0.1) is 19.8 Å². The largest absolute Gasteiger partial charge is 0.320 e. The molecule has 0 radical (unpaired) electrons. The van der Waals surface area contributed by atoms with E-state index >= 15 is 0 Å². The van der Waals surface area contributed by atoms with E-state index in [-0.39, 0.29) is 5.91 Å². The number of amides is 1. The van der Waals surface area contributed by atoms with Crippen molar-refractivity contribution in [2.24, 2.45) is 5.92 Å². The summed E-state index contributed by atoms with van der Waals surface area (Å²) < 4.78 is 1.89. The molecule has 0 aliphatic heterocycles. The Morgan fingerprint density at radius 3 is 2.40 bits per heavy atom. The van der Waals surface area contributed by atoms with Gasteiger partial charge in [-0.05, 0) is 37.0 Å². The van der Waals surface area contributed by atoms with E-state index in [1.807, 2.05) is 56.0 Å². The van der Waals surface area contributed by atoms with Crippen LogP contribution in [-0.4, -0.2) is 23.2 Å². The molecule has 1 rings (SSSR count). The van der Waals surface area contributed by atoms with Crippen molar-refractivity contribution >= 4 is 17.8 Å². The highest BCUT2D eigenvalue weighted by Gasteiger charge is 2.12. The van der Waals surface area contributed by atoms with Gasteiger partial charge in [0.1, 0.15) is 6.21 Å². The number of para-hydroxylation sites is 1. The summed E-state index contributed by atoms with van der Waals surface area (Å²) in [5.41, 5.74) is 3.09. The first-order valence-corrected chi connectivity index (χ1v) is 7.03. The van der Waals surface area contributed by atoms with Crippen LogP contribution in [0.4, 0.5) is 5.69 Å². The molecule has 0 fully saturated rings. The highest BCUT2D eigenvalue weighted by Crippen LogP contribution is 2.19. The molecule has 0 unspecified atom stereocenters. The quantitative estimate of drug-likeness (QED) is 0.646. The Morgan fingerprint density at radius 2 is 1.90 bits per heavy atom. The first kappa shape index (κ1) is 16.2. The number of carbonyl (C=O) groups excluding carboxylic acids is 1. The molecule has 0 aromatic heterocycles. The van der Waals surface area contributed by atoms with Gasteiger partial charge in [-0.1, -0.05) is 32.0 Å². The monoisotopic (exact) mass is 273 g/mol. The summed E-state index contributed by atoms with van der Waals surface area (Å²) >= 11 is 0. The number of benzene rings is 1. The van der Waals surface area contributed by atoms with E-state index < -0.39 is 0 Å².